The lowest BCUT2D eigenvalue weighted by molar-refractivity contribution is -0.385. The van der Waals surface area contributed by atoms with E-state index in [1.54, 1.807) is 0 Å². The van der Waals surface area contributed by atoms with Gasteiger partial charge in [-0.1, -0.05) is 0 Å². The van der Waals surface area contributed by atoms with Crippen LogP contribution >= 0.6 is 12.4 Å². The Kier molecular flexibility index (Phi) is 6.92. The highest BCUT2D eigenvalue weighted by atomic mass is 35.5. The Hall–Kier alpha value is -1.51. The van der Waals surface area contributed by atoms with E-state index in [4.69, 9.17) is 0 Å². The number of nitro benzene ring substituents is 1. The van der Waals surface area contributed by atoms with E-state index in [2.05, 4.69) is 15.0 Å². The first-order chi connectivity index (χ1) is 9.95. The number of nitrogens with zero attached hydrogens (tertiary/aromatic N) is 2. The first-order valence-electron chi connectivity index (χ1n) is 6.63. The number of rotatable bonds is 5. The second kappa shape index (κ2) is 8.21. The van der Waals surface area contributed by atoms with Gasteiger partial charge in [0.1, 0.15) is 5.75 Å². The summed E-state index contributed by atoms with van der Waals surface area (Å²) in [5.74, 6) is -0.0122. The molecule has 1 aromatic rings. The van der Waals surface area contributed by atoms with Gasteiger partial charge < -0.3 is 10.1 Å². The molecule has 1 N–H and O–H groups in total. The van der Waals surface area contributed by atoms with E-state index < -0.39 is 11.5 Å². The third kappa shape index (κ3) is 5.04. The first kappa shape index (κ1) is 18.5. The molecule has 0 radical (unpaired) electrons. The van der Waals surface area contributed by atoms with E-state index in [-0.39, 0.29) is 29.9 Å². The van der Waals surface area contributed by atoms with Crippen molar-refractivity contribution in [2.45, 2.75) is 26.1 Å². The number of hydrogen-bond acceptors (Lipinski definition) is 5. The minimum atomic E-state index is -2.95. The van der Waals surface area contributed by atoms with Crippen molar-refractivity contribution in [1.29, 1.82) is 0 Å². The van der Waals surface area contributed by atoms with Gasteiger partial charge in [-0.05, 0) is 13.0 Å². The number of piperazine rings is 1. The van der Waals surface area contributed by atoms with Crippen molar-refractivity contribution < 1.29 is 18.4 Å². The van der Waals surface area contributed by atoms with Crippen LogP contribution in [0.4, 0.5) is 14.5 Å². The van der Waals surface area contributed by atoms with Crippen LogP contribution in [-0.4, -0.2) is 42.1 Å². The fourth-order valence-corrected chi connectivity index (χ4v) is 2.41. The topological polar surface area (TPSA) is 67.6 Å². The average molecular weight is 338 g/mol. The lowest BCUT2D eigenvalue weighted by Gasteiger charge is -2.32. The standard InChI is InChI=1S/C13H17F2N3O3.ClH/c1-9-7-17(5-4-16-9)8-10-6-11(18(19)20)2-3-12(10)21-13(14)15;/h2-3,6,9,13,16H,4-5,7-8H2,1H3;1H/t9-;/m0./s1. The van der Waals surface area contributed by atoms with Crippen LogP contribution in [0.5, 0.6) is 5.75 Å². The molecule has 6 nitrogen and oxygen atoms in total. The number of hydrogen-bond donors (Lipinski definition) is 1. The molecule has 0 amide bonds. The van der Waals surface area contributed by atoms with Gasteiger partial charge in [0.2, 0.25) is 0 Å². The summed E-state index contributed by atoms with van der Waals surface area (Å²) in [7, 11) is 0. The van der Waals surface area contributed by atoms with E-state index in [0.717, 1.165) is 19.6 Å². The van der Waals surface area contributed by atoms with Gasteiger partial charge in [-0.3, -0.25) is 15.0 Å². The molecular weight excluding hydrogens is 320 g/mol. The fraction of sp³-hybridized carbons (Fsp3) is 0.538. The Balaban J connectivity index is 0.00000242. The zero-order valence-corrected chi connectivity index (χ0v) is 12.8. The Morgan fingerprint density at radius 1 is 1.55 bits per heavy atom. The van der Waals surface area contributed by atoms with Crippen molar-refractivity contribution in [1.82, 2.24) is 10.2 Å². The molecule has 0 aromatic heterocycles. The molecule has 1 aliphatic rings. The summed E-state index contributed by atoms with van der Waals surface area (Å²) in [6.07, 6.45) is 0. The fourth-order valence-electron chi connectivity index (χ4n) is 2.41. The molecule has 1 saturated heterocycles. The average Bonchev–Trinajstić information content (AvgIpc) is 2.40. The van der Waals surface area contributed by atoms with Gasteiger partial charge in [0, 0.05) is 49.9 Å². The van der Waals surface area contributed by atoms with E-state index in [9.17, 15) is 18.9 Å². The highest BCUT2D eigenvalue weighted by Gasteiger charge is 2.20. The summed E-state index contributed by atoms with van der Waals surface area (Å²) >= 11 is 0. The van der Waals surface area contributed by atoms with Crippen molar-refractivity contribution in [3.05, 3.63) is 33.9 Å². The van der Waals surface area contributed by atoms with Crippen molar-refractivity contribution in [2.24, 2.45) is 0 Å². The van der Waals surface area contributed by atoms with Crippen LogP contribution in [0.1, 0.15) is 12.5 Å². The zero-order chi connectivity index (χ0) is 15.4. The van der Waals surface area contributed by atoms with Crippen LogP contribution in [0, 0.1) is 10.1 Å². The summed E-state index contributed by atoms with van der Waals surface area (Å²) in [6.45, 7) is 1.71. The van der Waals surface area contributed by atoms with Crippen LogP contribution in [0.25, 0.3) is 0 Å². The van der Waals surface area contributed by atoms with E-state index in [1.807, 2.05) is 6.92 Å². The van der Waals surface area contributed by atoms with Gasteiger partial charge in [0.05, 0.1) is 4.92 Å². The van der Waals surface area contributed by atoms with Crippen molar-refractivity contribution in [2.75, 3.05) is 19.6 Å². The molecule has 0 bridgehead atoms. The molecule has 9 heteroatoms. The molecule has 1 fully saturated rings. The molecular formula is C13H18ClF2N3O3. The third-order valence-electron chi connectivity index (χ3n) is 3.32. The highest BCUT2D eigenvalue weighted by Crippen LogP contribution is 2.27. The van der Waals surface area contributed by atoms with Gasteiger partial charge >= 0.3 is 6.61 Å². The summed E-state index contributed by atoms with van der Waals surface area (Å²) in [5, 5.41) is 14.1. The molecule has 0 unspecified atom stereocenters. The van der Waals surface area contributed by atoms with Gasteiger partial charge in [-0.2, -0.15) is 8.78 Å². The highest BCUT2D eigenvalue weighted by molar-refractivity contribution is 5.85. The summed E-state index contributed by atoms with van der Waals surface area (Å²) in [5.41, 5.74) is 0.272. The van der Waals surface area contributed by atoms with Crippen LogP contribution in [-0.2, 0) is 6.54 Å². The number of nitro groups is 1. The van der Waals surface area contributed by atoms with Crippen molar-refractivity contribution in [3.63, 3.8) is 0 Å². The lowest BCUT2D eigenvalue weighted by atomic mass is 10.1. The van der Waals surface area contributed by atoms with E-state index >= 15 is 0 Å². The van der Waals surface area contributed by atoms with Crippen LogP contribution in [0.15, 0.2) is 18.2 Å². The molecule has 1 aromatic carbocycles. The molecule has 1 aliphatic heterocycles. The quantitative estimate of drug-likeness (QED) is 0.660. The summed E-state index contributed by atoms with van der Waals surface area (Å²) in [6, 6.07) is 3.98. The number of benzene rings is 1. The Labute approximate surface area is 133 Å². The predicted octanol–water partition coefficient (Wildman–Crippen LogP) is 2.41. The van der Waals surface area contributed by atoms with Crippen LogP contribution < -0.4 is 10.1 Å². The van der Waals surface area contributed by atoms with Gasteiger partial charge in [-0.15, -0.1) is 12.4 Å². The third-order valence-corrected chi connectivity index (χ3v) is 3.32. The normalized spacial score (nSPS) is 18.8. The molecule has 0 aliphatic carbocycles. The monoisotopic (exact) mass is 337 g/mol. The molecule has 2 rings (SSSR count). The summed E-state index contributed by atoms with van der Waals surface area (Å²) < 4.78 is 29.3. The maximum absolute atomic E-state index is 12.4. The van der Waals surface area contributed by atoms with Gasteiger partial charge in [0.15, 0.2) is 0 Å². The van der Waals surface area contributed by atoms with Gasteiger partial charge in [0.25, 0.3) is 5.69 Å². The summed E-state index contributed by atoms with van der Waals surface area (Å²) in [4.78, 5) is 12.3. The molecule has 0 spiro atoms. The van der Waals surface area contributed by atoms with E-state index in [1.165, 1.54) is 18.2 Å². The minimum absolute atomic E-state index is 0. The molecule has 22 heavy (non-hydrogen) atoms. The van der Waals surface area contributed by atoms with E-state index in [0.29, 0.717) is 12.1 Å². The van der Waals surface area contributed by atoms with Gasteiger partial charge in [-0.25, -0.2) is 0 Å². The maximum Gasteiger partial charge on any atom is 0.387 e. The Bertz CT molecular complexity index is 519. The maximum atomic E-state index is 12.4. The number of ether oxygens (including phenoxy) is 1. The number of nitrogens with one attached hydrogen (secondary N) is 1. The Morgan fingerprint density at radius 2 is 2.27 bits per heavy atom. The second-order valence-corrected chi connectivity index (χ2v) is 5.02. The van der Waals surface area contributed by atoms with Crippen molar-refractivity contribution in [3.8, 4) is 5.75 Å². The predicted molar refractivity (Wildman–Crippen MR) is 79.7 cm³/mol. The minimum Gasteiger partial charge on any atom is -0.434 e. The largest absolute Gasteiger partial charge is 0.434 e. The molecule has 1 atom stereocenters. The van der Waals surface area contributed by atoms with Crippen LogP contribution in [0.2, 0.25) is 0 Å². The second-order valence-electron chi connectivity index (χ2n) is 5.02. The van der Waals surface area contributed by atoms with Crippen LogP contribution in [0.3, 0.4) is 0 Å². The first-order valence-corrected chi connectivity index (χ1v) is 6.63. The SMILES string of the molecule is C[C@H]1CN(Cc2cc([N+](=O)[O-])ccc2OC(F)F)CCN1.Cl. The molecule has 0 saturated carbocycles. The number of halogens is 3. The number of alkyl halides is 2. The number of non-ortho nitro benzene ring substituents is 1. The van der Waals surface area contributed by atoms with Crippen molar-refractivity contribution >= 4 is 18.1 Å². The molecule has 124 valence electrons. The Morgan fingerprint density at radius 3 is 2.86 bits per heavy atom. The smallest absolute Gasteiger partial charge is 0.387 e. The zero-order valence-electron chi connectivity index (χ0n) is 12.0. The lowest BCUT2D eigenvalue weighted by Crippen LogP contribution is -2.48. The molecule has 1 heterocycles.